The van der Waals surface area contributed by atoms with Crippen LogP contribution in [-0.2, 0) is 11.2 Å². The number of ether oxygens (including phenoxy) is 1. The minimum absolute atomic E-state index is 0.0373. The molecule has 4 atom stereocenters. The summed E-state index contributed by atoms with van der Waals surface area (Å²) in [5.74, 6) is 0.355. The van der Waals surface area contributed by atoms with Gasteiger partial charge in [0.25, 0.3) is 11.8 Å². The van der Waals surface area contributed by atoms with E-state index in [1.807, 2.05) is 12.1 Å². The Morgan fingerprint density at radius 3 is 2.77 bits per heavy atom. The zero-order valence-corrected chi connectivity index (χ0v) is 17.2. The van der Waals surface area contributed by atoms with E-state index in [9.17, 15) is 9.59 Å². The molecule has 1 aliphatic carbocycles. The van der Waals surface area contributed by atoms with Gasteiger partial charge in [-0.2, -0.15) is 0 Å². The van der Waals surface area contributed by atoms with Gasteiger partial charge in [-0.3, -0.25) is 9.59 Å². The Kier molecular flexibility index (Phi) is 4.70. The summed E-state index contributed by atoms with van der Waals surface area (Å²) in [6.45, 7) is 4.43. The maximum absolute atomic E-state index is 13.0. The topological polar surface area (TPSA) is 92.4 Å². The van der Waals surface area contributed by atoms with Crippen LogP contribution in [0.15, 0.2) is 30.3 Å². The van der Waals surface area contributed by atoms with Crippen LogP contribution in [0.5, 0.6) is 0 Å². The summed E-state index contributed by atoms with van der Waals surface area (Å²) in [4.78, 5) is 29.9. The van der Waals surface area contributed by atoms with Gasteiger partial charge < -0.3 is 20.7 Å². The summed E-state index contributed by atoms with van der Waals surface area (Å²) in [5.41, 5.74) is 5.08. The molecule has 1 saturated carbocycles. The van der Waals surface area contributed by atoms with Gasteiger partial charge in [-0.05, 0) is 35.7 Å². The van der Waals surface area contributed by atoms with Crippen LogP contribution < -0.4 is 16.0 Å². The number of pyridine rings is 1. The molecule has 1 unspecified atom stereocenters. The van der Waals surface area contributed by atoms with Gasteiger partial charge >= 0.3 is 0 Å². The van der Waals surface area contributed by atoms with Gasteiger partial charge in [0, 0.05) is 54.3 Å². The molecule has 3 aliphatic rings. The maximum atomic E-state index is 13.0. The van der Waals surface area contributed by atoms with Gasteiger partial charge in [0.15, 0.2) is 0 Å². The molecule has 156 valence electrons. The van der Waals surface area contributed by atoms with Gasteiger partial charge in [-0.1, -0.05) is 19.1 Å². The number of hydrogen-bond acceptors (Lipinski definition) is 5. The summed E-state index contributed by atoms with van der Waals surface area (Å²) in [6, 6.07) is 9.80. The number of benzene rings is 1. The van der Waals surface area contributed by atoms with Crippen LogP contribution in [-0.4, -0.2) is 49.6 Å². The van der Waals surface area contributed by atoms with E-state index < -0.39 is 0 Å². The lowest BCUT2D eigenvalue weighted by molar-refractivity contribution is 0.0928. The van der Waals surface area contributed by atoms with Crippen molar-refractivity contribution in [3.8, 4) is 0 Å². The lowest BCUT2D eigenvalue weighted by Crippen LogP contribution is -2.30. The fraction of sp³-hybridized carbons (Fsp3) is 0.435. The molecule has 2 aromatic rings. The van der Waals surface area contributed by atoms with E-state index in [1.54, 1.807) is 13.1 Å². The minimum atomic E-state index is -0.297. The lowest BCUT2D eigenvalue weighted by Gasteiger charge is -2.17. The van der Waals surface area contributed by atoms with Crippen molar-refractivity contribution in [3.05, 3.63) is 58.4 Å². The molecular formula is C23H26N4O3. The van der Waals surface area contributed by atoms with E-state index in [1.165, 1.54) is 11.1 Å². The van der Waals surface area contributed by atoms with E-state index in [-0.39, 0.29) is 29.5 Å². The molecular weight excluding hydrogens is 380 g/mol. The molecule has 0 bridgehead atoms. The monoisotopic (exact) mass is 406 g/mol. The van der Waals surface area contributed by atoms with Gasteiger partial charge in [0.05, 0.1) is 13.2 Å². The zero-order valence-electron chi connectivity index (χ0n) is 17.2. The molecule has 3 heterocycles. The molecule has 1 aromatic carbocycles. The van der Waals surface area contributed by atoms with Crippen LogP contribution in [0.2, 0.25) is 0 Å². The SMILES string of the molecule is CNC(=O)c1cc(C(=O)N[C@H]2[C@@H]3COC[C@@H]32)cc(C(C)c2cccc3c2CCN3)n1. The number of nitrogens with one attached hydrogen (secondary N) is 3. The zero-order chi connectivity index (χ0) is 20.8. The van der Waals surface area contributed by atoms with Crippen molar-refractivity contribution in [2.75, 3.05) is 32.1 Å². The molecule has 7 heteroatoms. The van der Waals surface area contributed by atoms with Crippen LogP contribution in [0.3, 0.4) is 0 Å². The second-order valence-corrected chi connectivity index (χ2v) is 8.38. The normalized spacial score (nSPS) is 24.4. The number of anilines is 1. The Bertz CT molecular complexity index is 1010. The third-order valence-corrected chi connectivity index (χ3v) is 6.63. The number of aromatic nitrogens is 1. The minimum Gasteiger partial charge on any atom is -0.384 e. The van der Waals surface area contributed by atoms with E-state index in [4.69, 9.17) is 4.74 Å². The number of fused-ring (bicyclic) bond motifs is 2. The average molecular weight is 406 g/mol. The molecule has 2 amide bonds. The first-order valence-corrected chi connectivity index (χ1v) is 10.5. The number of nitrogens with zero attached hydrogens (tertiary/aromatic N) is 1. The van der Waals surface area contributed by atoms with E-state index in [0.29, 0.717) is 30.6 Å². The molecule has 3 N–H and O–H groups in total. The third-order valence-electron chi connectivity index (χ3n) is 6.63. The molecule has 7 nitrogen and oxygen atoms in total. The van der Waals surface area contributed by atoms with Gasteiger partial charge in [-0.15, -0.1) is 0 Å². The van der Waals surface area contributed by atoms with Crippen molar-refractivity contribution in [1.82, 2.24) is 15.6 Å². The first kappa shape index (κ1) is 19.1. The Morgan fingerprint density at radius 2 is 2.00 bits per heavy atom. The lowest BCUT2D eigenvalue weighted by atomic mass is 9.90. The van der Waals surface area contributed by atoms with E-state index in [0.717, 1.165) is 24.3 Å². The molecule has 30 heavy (non-hydrogen) atoms. The molecule has 5 rings (SSSR count). The molecule has 0 radical (unpaired) electrons. The second-order valence-electron chi connectivity index (χ2n) is 8.38. The predicted molar refractivity (Wildman–Crippen MR) is 113 cm³/mol. The molecule has 1 saturated heterocycles. The second kappa shape index (κ2) is 7.40. The number of rotatable bonds is 5. The van der Waals surface area contributed by atoms with Crippen molar-refractivity contribution in [2.45, 2.75) is 25.3 Å². The number of amides is 2. The van der Waals surface area contributed by atoms with Gasteiger partial charge in [-0.25, -0.2) is 4.98 Å². The Labute approximate surface area is 175 Å². The smallest absolute Gasteiger partial charge is 0.269 e. The van der Waals surface area contributed by atoms with Gasteiger partial charge in [0.2, 0.25) is 0 Å². The fourth-order valence-corrected chi connectivity index (χ4v) is 4.77. The van der Waals surface area contributed by atoms with E-state index in [2.05, 4.69) is 40.0 Å². The number of hydrogen-bond donors (Lipinski definition) is 3. The summed E-state index contributed by atoms with van der Waals surface area (Å²) >= 11 is 0. The maximum Gasteiger partial charge on any atom is 0.269 e. The highest BCUT2D eigenvalue weighted by Crippen LogP contribution is 2.44. The standard InChI is InChI=1S/C23H26N4O3/c1-12(14-4-3-5-18-15(14)6-7-25-18)19-8-13(9-20(26-19)23(29)24-2)22(28)27-21-16-10-30-11-17(16)21/h3-5,8-9,12,16-17,21,25H,6-7,10-11H2,1-2H3,(H,24,29)(H,27,28)/t12?,16-,17+,21+. The van der Waals surface area contributed by atoms with Crippen LogP contribution in [0, 0.1) is 11.8 Å². The summed E-state index contributed by atoms with van der Waals surface area (Å²) in [5, 5.41) is 9.14. The Morgan fingerprint density at radius 1 is 1.20 bits per heavy atom. The van der Waals surface area contributed by atoms with Crippen LogP contribution >= 0.6 is 0 Å². The largest absolute Gasteiger partial charge is 0.384 e. The quantitative estimate of drug-likeness (QED) is 0.706. The summed E-state index contributed by atoms with van der Waals surface area (Å²) < 4.78 is 5.41. The van der Waals surface area contributed by atoms with Crippen molar-refractivity contribution < 1.29 is 14.3 Å². The molecule has 2 fully saturated rings. The molecule has 0 spiro atoms. The average Bonchev–Trinajstić information content (AvgIpc) is 3.16. The number of carbonyl (C=O) groups excluding carboxylic acids is 2. The van der Waals surface area contributed by atoms with E-state index >= 15 is 0 Å². The fourth-order valence-electron chi connectivity index (χ4n) is 4.77. The molecule has 2 aliphatic heterocycles. The van der Waals surface area contributed by atoms with Crippen LogP contribution in [0.4, 0.5) is 5.69 Å². The summed E-state index contributed by atoms with van der Waals surface area (Å²) in [6.07, 6.45) is 0.963. The van der Waals surface area contributed by atoms with Crippen molar-refractivity contribution in [2.24, 2.45) is 11.8 Å². The third kappa shape index (κ3) is 3.23. The van der Waals surface area contributed by atoms with Crippen molar-refractivity contribution in [1.29, 1.82) is 0 Å². The number of carbonyl (C=O) groups is 2. The summed E-state index contributed by atoms with van der Waals surface area (Å²) in [7, 11) is 1.57. The highest BCUT2D eigenvalue weighted by molar-refractivity contribution is 5.99. The van der Waals surface area contributed by atoms with Crippen LogP contribution in [0.25, 0.3) is 0 Å². The first-order valence-electron chi connectivity index (χ1n) is 10.5. The van der Waals surface area contributed by atoms with Crippen LogP contribution in [0.1, 0.15) is 50.5 Å². The van der Waals surface area contributed by atoms with Crippen molar-refractivity contribution >= 4 is 17.5 Å². The van der Waals surface area contributed by atoms with Crippen molar-refractivity contribution in [3.63, 3.8) is 0 Å². The predicted octanol–water partition coefficient (Wildman–Crippen LogP) is 1.94. The Hall–Kier alpha value is -2.93. The molecule has 1 aromatic heterocycles. The first-order chi connectivity index (χ1) is 14.6. The van der Waals surface area contributed by atoms with Gasteiger partial charge in [0.1, 0.15) is 5.69 Å². The Balaban J connectivity index is 1.47. The highest BCUT2D eigenvalue weighted by atomic mass is 16.5. The highest BCUT2D eigenvalue weighted by Gasteiger charge is 2.54.